The van der Waals surface area contributed by atoms with Gasteiger partial charge in [0.15, 0.2) is 5.15 Å². The van der Waals surface area contributed by atoms with E-state index in [-0.39, 0.29) is 0 Å². The van der Waals surface area contributed by atoms with Crippen molar-refractivity contribution in [3.05, 3.63) is 51.5 Å². The lowest BCUT2D eigenvalue weighted by Gasteiger charge is -2.12. The lowest BCUT2D eigenvalue weighted by molar-refractivity contribution is -0.134. The minimum Gasteiger partial charge on any atom is -0.494 e. The Kier molecular flexibility index (Phi) is 8.20. The van der Waals surface area contributed by atoms with Gasteiger partial charge in [-0.05, 0) is 37.1 Å². The van der Waals surface area contributed by atoms with Crippen molar-refractivity contribution in [1.82, 2.24) is 9.55 Å². The quantitative estimate of drug-likeness (QED) is 0.319. The number of hydrogen-bond acceptors (Lipinski definition) is 4. The number of benzene rings is 1. The van der Waals surface area contributed by atoms with Crippen LogP contribution < -0.4 is 4.74 Å². The summed E-state index contributed by atoms with van der Waals surface area (Å²) in [5, 5.41) is 0.926. The van der Waals surface area contributed by atoms with Crippen molar-refractivity contribution in [3.8, 4) is 5.75 Å². The number of hydrogen-bond donors (Lipinski definition) is 0. The van der Waals surface area contributed by atoms with Crippen LogP contribution in [0.2, 0.25) is 10.2 Å². The average Bonchev–Trinajstić information content (AvgIpc) is 2.91. The molecule has 0 aliphatic rings. The molecule has 0 bridgehead atoms. The number of methoxy groups -OCH3 is 1. The van der Waals surface area contributed by atoms with Crippen molar-refractivity contribution in [2.75, 3.05) is 13.7 Å². The van der Waals surface area contributed by atoms with Gasteiger partial charge in [-0.25, -0.2) is 9.78 Å². The molecule has 0 atom stereocenters. The standard InChI is InChI=1S/C20H24Cl2N2O3/c1-4-5-6-11-27-16-8-7-15(17(21)12-16)13-24-14(2)23-20(22)18(24)9-10-19(25)26-3/h7-10,12H,4-6,11,13H2,1-3H3. The fraction of sp³-hybridized carbons (Fsp3) is 0.400. The number of rotatable bonds is 9. The van der Waals surface area contributed by atoms with Gasteiger partial charge in [0.1, 0.15) is 11.6 Å². The van der Waals surface area contributed by atoms with E-state index in [1.165, 1.54) is 13.2 Å². The average molecular weight is 411 g/mol. The number of halogens is 2. The fourth-order valence-corrected chi connectivity index (χ4v) is 3.09. The number of unbranched alkanes of at least 4 members (excludes halogenated alkanes) is 2. The number of ether oxygens (including phenoxy) is 2. The van der Waals surface area contributed by atoms with Crippen LogP contribution in [-0.2, 0) is 16.1 Å². The molecular weight excluding hydrogens is 387 g/mol. The van der Waals surface area contributed by atoms with E-state index < -0.39 is 5.97 Å². The van der Waals surface area contributed by atoms with Crippen molar-refractivity contribution in [3.63, 3.8) is 0 Å². The maximum absolute atomic E-state index is 11.4. The highest BCUT2D eigenvalue weighted by Gasteiger charge is 2.13. The van der Waals surface area contributed by atoms with E-state index in [0.717, 1.165) is 36.4 Å². The van der Waals surface area contributed by atoms with Crippen molar-refractivity contribution < 1.29 is 14.3 Å². The molecule has 0 fully saturated rings. The molecule has 0 N–H and O–H groups in total. The highest BCUT2D eigenvalue weighted by molar-refractivity contribution is 6.31. The van der Waals surface area contributed by atoms with E-state index >= 15 is 0 Å². The first-order valence-corrected chi connectivity index (χ1v) is 9.61. The first-order valence-electron chi connectivity index (χ1n) is 8.86. The molecule has 0 unspecified atom stereocenters. The first-order chi connectivity index (χ1) is 13.0. The Balaban J connectivity index is 2.17. The molecule has 2 aromatic rings. The Morgan fingerprint density at radius 1 is 1.30 bits per heavy atom. The van der Waals surface area contributed by atoms with Crippen LogP contribution in [0.25, 0.3) is 6.08 Å². The minimum atomic E-state index is -0.459. The van der Waals surface area contributed by atoms with Crippen molar-refractivity contribution >= 4 is 35.2 Å². The topological polar surface area (TPSA) is 53.4 Å². The lowest BCUT2D eigenvalue weighted by atomic mass is 10.2. The van der Waals surface area contributed by atoms with Gasteiger partial charge >= 0.3 is 5.97 Å². The maximum atomic E-state index is 11.4. The molecule has 0 aliphatic heterocycles. The van der Waals surface area contributed by atoms with E-state index in [4.69, 9.17) is 27.9 Å². The largest absolute Gasteiger partial charge is 0.494 e. The molecule has 2 rings (SSSR count). The molecule has 7 heteroatoms. The van der Waals surface area contributed by atoms with Crippen LogP contribution in [0.3, 0.4) is 0 Å². The van der Waals surface area contributed by atoms with E-state index in [1.54, 1.807) is 6.08 Å². The molecule has 5 nitrogen and oxygen atoms in total. The molecule has 0 spiro atoms. The van der Waals surface area contributed by atoms with Crippen molar-refractivity contribution in [1.29, 1.82) is 0 Å². The summed E-state index contributed by atoms with van der Waals surface area (Å²) in [4.78, 5) is 15.6. The van der Waals surface area contributed by atoms with Gasteiger partial charge in [0.2, 0.25) is 0 Å². The van der Waals surface area contributed by atoms with Gasteiger partial charge in [0.05, 0.1) is 26.0 Å². The Hall–Kier alpha value is -1.98. The van der Waals surface area contributed by atoms with Crippen LogP contribution in [-0.4, -0.2) is 29.2 Å². The fourth-order valence-electron chi connectivity index (χ4n) is 2.58. The van der Waals surface area contributed by atoms with E-state index in [0.29, 0.717) is 29.0 Å². The molecule has 0 saturated heterocycles. The Bertz CT molecular complexity index is 816. The lowest BCUT2D eigenvalue weighted by Crippen LogP contribution is -2.06. The van der Waals surface area contributed by atoms with Gasteiger partial charge in [-0.1, -0.05) is 49.0 Å². The summed E-state index contributed by atoms with van der Waals surface area (Å²) < 4.78 is 12.3. The van der Waals surface area contributed by atoms with Gasteiger partial charge in [-0.2, -0.15) is 0 Å². The Morgan fingerprint density at radius 2 is 2.07 bits per heavy atom. The second-order valence-electron chi connectivity index (χ2n) is 6.09. The number of imidazole rings is 1. The van der Waals surface area contributed by atoms with Gasteiger partial charge in [-0.3, -0.25) is 0 Å². The SMILES string of the molecule is CCCCCOc1ccc(Cn2c(C)nc(Cl)c2C=CC(=O)OC)c(Cl)c1. The summed E-state index contributed by atoms with van der Waals surface area (Å²) in [6.45, 7) is 5.16. The van der Waals surface area contributed by atoms with Crippen molar-refractivity contribution in [2.24, 2.45) is 0 Å². The highest BCUT2D eigenvalue weighted by atomic mass is 35.5. The number of carbonyl (C=O) groups is 1. The third-order valence-electron chi connectivity index (χ3n) is 4.10. The number of carbonyl (C=O) groups excluding carboxylic acids is 1. The molecule has 27 heavy (non-hydrogen) atoms. The molecule has 1 heterocycles. The first kappa shape index (κ1) is 21.3. The zero-order chi connectivity index (χ0) is 19.8. The zero-order valence-electron chi connectivity index (χ0n) is 15.8. The van der Waals surface area contributed by atoms with Gasteiger partial charge < -0.3 is 14.0 Å². The molecular formula is C20H24Cl2N2O3. The van der Waals surface area contributed by atoms with Crippen LogP contribution in [0.4, 0.5) is 0 Å². The maximum Gasteiger partial charge on any atom is 0.330 e. The summed E-state index contributed by atoms with van der Waals surface area (Å²) in [7, 11) is 1.32. The van der Waals surface area contributed by atoms with Gasteiger partial charge in [0.25, 0.3) is 0 Å². The van der Waals surface area contributed by atoms with Crippen LogP contribution in [0, 0.1) is 6.92 Å². The number of nitrogens with zero attached hydrogens (tertiary/aromatic N) is 2. The zero-order valence-corrected chi connectivity index (χ0v) is 17.3. The molecule has 0 radical (unpaired) electrons. The Labute approximate surface area is 169 Å². The predicted molar refractivity (Wildman–Crippen MR) is 109 cm³/mol. The van der Waals surface area contributed by atoms with Crippen molar-refractivity contribution in [2.45, 2.75) is 39.7 Å². The summed E-state index contributed by atoms with van der Waals surface area (Å²) in [6, 6.07) is 5.66. The number of aromatic nitrogens is 2. The molecule has 1 aromatic carbocycles. The second-order valence-corrected chi connectivity index (χ2v) is 6.85. The van der Waals surface area contributed by atoms with Crippen LogP contribution >= 0.6 is 23.2 Å². The smallest absolute Gasteiger partial charge is 0.330 e. The summed E-state index contributed by atoms with van der Waals surface area (Å²) in [5.41, 5.74) is 1.53. The second kappa shape index (κ2) is 10.4. The predicted octanol–water partition coefficient (Wildman–Crippen LogP) is 5.30. The molecule has 1 aromatic heterocycles. The summed E-state index contributed by atoms with van der Waals surface area (Å²) in [5.74, 6) is 1.02. The van der Waals surface area contributed by atoms with Gasteiger partial charge in [0, 0.05) is 11.1 Å². The Morgan fingerprint density at radius 3 is 2.74 bits per heavy atom. The highest BCUT2D eigenvalue weighted by Crippen LogP contribution is 2.26. The third kappa shape index (κ3) is 6.01. The molecule has 0 aliphatic carbocycles. The van der Waals surface area contributed by atoms with Gasteiger partial charge in [-0.15, -0.1) is 0 Å². The van der Waals surface area contributed by atoms with Crippen LogP contribution in [0.1, 0.15) is 43.3 Å². The molecule has 146 valence electrons. The van der Waals surface area contributed by atoms with E-state index in [2.05, 4.69) is 16.6 Å². The van der Waals surface area contributed by atoms with Crippen LogP contribution in [0.5, 0.6) is 5.75 Å². The summed E-state index contributed by atoms with van der Waals surface area (Å²) >= 11 is 12.6. The monoisotopic (exact) mass is 410 g/mol. The van der Waals surface area contributed by atoms with Crippen LogP contribution in [0.15, 0.2) is 24.3 Å². The molecule has 0 saturated carbocycles. The minimum absolute atomic E-state index is 0.319. The third-order valence-corrected chi connectivity index (χ3v) is 4.73. The number of esters is 1. The normalized spacial score (nSPS) is 11.1. The summed E-state index contributed by atoms with van der Waals surface area (Å²) in [6.07, 6.45) is 6.23. The van der Waals surface area contributed by atoms with E-state index in [1.807, 2.05) is 29.7 Å². The number of aryl methyl sites for hydroxylation is 1. The van der Waals surface area contributed by atoms with E-state index in [9.17, 15) is 4.79 Å². The molecule has 0 amide bonds.